The Bertz CT molecular complexity index is 438. The Morgan fingerprint density at radius 2 is 2.05 bits per heavy atom. The molecule has 0 aliphatic carbocycles. The Labute approximate surface area is 120 Å². The Morgan fingerprint density at radius 1 is 1.35 bits per heavy atom. The molecule has 2 rings (SSSR count). The maximum atomic E-state index is 12.0. The molecule has 1 aliphatic heterocycles. The lowest BCUT2D eigenvalue weighted by Crippen LogP contribution is -2.52. The molecule has 0 bridgehead atoms. The summed E-state index contributed by atoms with van der Waals surface area (Å²) in [5.74, 6) is -0.363. The van der Waals surface area contributed by atoms with Crippen LogP contribution >= 0.6 is 0 Å². The number of likely N-dealkylation sites (N-methyl/N-ethyl adjacent to an activating group) is 2. The van der Waals surface area contributed by atoms with Crippen LogP contribution in [0.15, 0.2) is 30.3 Å². The topological polar surface area (TPSA) is 58.8 Å². The van der Waals surface area contributed by atoms with E-state index in [0.717, 1.165) is 25.2 Å². The molecule has 1 fully saturated rings. The summed E-state index contributed by atoms with van der Waals surface area (Å²) in [6.07, 6.45) is 0. The number of benzene rings is 1. The molecule has 1 aromatic carbocycles. The summed E-state index contributed by atoms with van der Waals surface area (Å²) in [7, 11) is 4.14. The summed E-state index contributed by atoms with van der Waals surface area (Å²) in [5, 5.41) is 0. The first-order valence-corrected chi connectivity index (χ1v) is 6.94. The third-order valence-electron chi connectivity index (χ3n) is 3.81. The summed E-state index contributed by atoms with van der Waals surface area (Å²) in [6.45, 7) is 3.33. The first-order valence-electron chi connectivity index (χ1n) is 6.94. The van der Waals surface area contributed by atoms with Crippen LogP contribution in [0.25, 0.3) is 0 Å². The molecule has 2 atom stereocenters. The molecule has 20 heavy (non-hydrogen) atoms. The molecule has 5 heteroatoms. The van der Waals surface area contributed by atoms with Crippen molar-refractivity contribution in [2.45, 2.75) is 12.1 Å². The summed E-state index contributed by atoms with van der Waals surface area (Å²) >= 11 is 0. The minimum absolute atomic E-state index is 0.237. The van der Waals surface area contributed by atoms with E-state index >= 15 is 0 Å². The van der Waals surface area contributed by atoms with Crippen LogP contribution < -0.4 is 5.73 Å². The lowest BCUT2D eigenvalue weighted by atomic mass is 10.1. The number of rotatable bonds is 4. The Kier molecular flexibility index (Phi) is 5.11. The molecule has 2 N–H and O–H groups in total. The number of hydrogen-bond donors (Lipinski definition) is 1. The highest BCUT2D eigenvalue weighted by molar-refractivity contribution is 5.77. The number of nitrogens with zero attached hydrogens (tertiary/aromatic N) is 2. The van der Waals surface area contributed by atoms with Gasteiger partial charge in [0.1, 0.15) is 12.6 Å². The molecule has 5 nitrogen and oxygen atoms in total. The fraction of sp³-hybridized carbons (Fsp3) is 0.533. The number of nitrogens with two attached hydrogens (primary N) is 1. The minimum Gasteiger partial charge on any atom is -0.463 e. The van der Waals surface area contributed by atoms with Crippen molar-refractivity contribution >= 4 is 5.97 Å². The van der Waals surface area contributed by atoms with Crippen LogP contribution in [-0.2, 0) is 9.53 Å². The first-order chi connectivity index (χ1) is 9.58. The monoisotopic (exact) mass is 277 g/mol. The van der Waals surface area contributed by atoms with E-state index in [9.17, 15) is 4.79 Å². The van der Waals surface area contributed by atoms with Crippen molar-refractivity contribution in [3.05, 3.63) is 35.9 Å². The highest BCUT2D eigenvalue weighted by Gasteiger charge is 2.25. The van der Waals surface area contributed by atoms with Gasteiger partial charge in [0.2, 0.25) is 0 Å². The van der Waals surface area contributed by atoms with E-state index in [1.807, 2.05) is 30.3 Å². The van der Waals surface area contributed by atoms with Crippen molar-refractivity contribution in [1.29, 1.82) is 0 Å². The molecule has 0 saturated carbocycles. The standard InChI is InChI=1S/C15H23N3O2/c1-17-8-9-18(2)13(10-17)11-20-15(19)14(16)12-6-4-3-5-7-12/h3-7,13-14H,8-11,16H2,1-2H3/t13-,14?/m0/s1. The number of piperazine rings is 1. The lowest BCUT2D eigenvalue weighted by Gasteiger charge is -2.37. The van der Waals surface area contributed by atoms with Crippen molar-refractivity contribution in [3.63, 3.8) is 0 Å². The second-order valence-corrected chi connectivity index (χ2v) is 5.42. The zero-order valence-electron chi connectivity index (χ0n) is 12.2. The fourth-order valence-corrected chi connectivity index (χ4v) is 2.35. The van der Waals surface area contributed by atoms with E-state index in [2.05, 4.69) is 23.9 Å². The van der Waals surface area contributed by atoms with Gasteiger partial charge in [0.25, 0.3) is 0 Å². The summed E-state index contributed by atoms with van der Waals surface area (Å²) in [4.78, 5) is 16.5. The number of esters is 1. The van der Waals surface area contributed by atoms with Gasteiger partial charge in [-0.05, 0) is 19.7 Å². The van der Waals surface area contributed by atoms with Crippen LogP contribution in [0.2, 0.25) is 0 Å². The molecule has 1 heterocycles. The van der Waals surface area contributed by atoms with Crippen LogP contribution in [0.3, 0.4) is 0 Å². The van der Waals surface area contributed by atoms with E-state index < -0.39 is 6.04 Å². The van der Waals surface area contributed by atoms with Crippen LogP contribution in [0.5, 0.6) is 0 Å². The molecule has 110 valence electrons. The smallest absolute Gasteiger partial charge is 0.327 e. The fourth-order valence-electron chi connectivity index (χ4n) is 2.35. The van der Waals surface area contributed by atoms with Crippen LogP contribution in [-0.4, -0.2) is 62.1 Å². The van der Waals surface area contributed by atoms with Gasteiger partial charge in [-0.1, -0.05) is 30.3 Å². The number of carbonyl (C=O) groups excluding carboxylic acids is 1. The zero-order valence-corrected chi connectivity index (χ0v) is 12.2. The van der Waals surface area contributed by atoms with Crippen molar-refractivity contribution in [1.82, 2.24) is 9.80 Å². The van der Waals surface area contributed by atoms with E-state index in [1.165, 1.54) is 0 Å². The predicted octanol–water partition coefficient (Wildman–Crippen LogP) is 0.475. The summed E-state index contributed by atoms with van der Waals surface area (Å²) in [5.41, 5.74) is 6.70. The van der Waals surface area contributed by atoms with Gasteiger partial charge in [0.05, 0.1) is 6.04 Å². The van der Waals surface area contributed by atoms with E-state index in [1.54, 1.807) is 0 Å². The normalized spacial score (nSPS) is 22.4. The van der Waals surface area contributed by atoms with Crippen molar-refractivity contribution in [3.8, 4) is 0 Å². The van der Waals surface area contributed by atoms with E-state index in [0.29, 0.717) is 6.61 Å². The molecule has 1 aliphatic rings. The van der Waals surface area contributed by atoms with Gasteiger partial charge in [0.15, 0.2) is 0 Å². The molecular weight excluding hydrogens is 254 g/mol. The Balaban J connectivity index is 1.85. The van der Waals surface area contributed by atoms with Crippen molar-refractivity contribution in [2.75, 3.05) is 40.3 Å². The maximum absolute atomic E-state index is 12.0. The molecule has 1 saturated heterocycles. The van der Waals surface area contributed by atoms with Gasteiger partial charge in [0, 0.05) is 19.6 Å². The van der Waals surface area contributed by atoms with Crippen LogP contribution in [0.4, 0.5) is 0 Å². The third kappa shape index (κ3) is 3.79. The third-order valence-corrected chi connectivity index (χ3v) is 3.81. The van der Waals surface area contributed by atoms with Gasteiger partial charge in [-0.25, -0.2) is 4.79 Å². The second-order valence-electron chi connectivity index (χ2n) is 5.42. The van der Waals surface area contributed by atoms with Gasteiger partial charge < -0.3 is 15.4 Å². The quantitative estimate of drug-likeness (QED) is 0.811. The lowest BCUT2D eigenvalue weighted by molar-refractivity contribution is -0.147. The van der Waals surface area contributed by atoms with Gasteiger partial charge in [-0.3, -0.25) is 4.90 Å². The molecular formula is C15H23N3O2. The second kappa shape index (κ2) is 6.83. The molecule has 0 aromatic heterocycles. The van der Waals surface area contributed by atoms with Gasteiger partial charge >= 0.3 is 5.97 Å². The SMILES string of the molecule is CN1CCN(C)[C@H](COC(=O)C(N)c2ccccc2)C1. The predicted molar refractivity (Wildman–Crippen MR) is 78.2 cm³/mol. The van der Waals surface area contributed by atoms with Crippen LogP contribution in [0.1, 0.15) is 11.6 Å². The zero-order chi connectivity index (χ0) is 14.5. The van der Waals surface area contributed by atoms with E-state index in [-0.39, 0.29) is 12.0 Å². The highest BCUT2D eigenvalue weighted by Crippen LogP contribution is 2.12. The first kappa shape index (κ1) is 15.0. The molecule has 0 radical (unpaired) electrons. The Hall–Kier alpha value is -1.43. The average molecular weight is 277 g/mol. The molecule has 0 spiro atoms. The van der Waals surface area contributed by atoms with Crippen molar-refractivity contribution in [2.24, 2.45) is 5.73 Å². The Morgan fingerprint density at radius 3 is 2.75 bits per heavy atom. The molecule has 1 unspecified atom stereocenters. The average Bonchev–Trinajstić information content (AvgIpc) is 2.48. The minimum atomic E-state index is -0.706. The molecule has 1 aromatic rings. The maximum Gasteiger partial charge on any atom is 0.327 e. The summed E-state index contributed by atoms with van der Waals surface area (Å²) < 4.78 is 5.38. The van der Waals surface area contributed by atoms with Gasteiger partial charge in [-0.2, -0.15) is 0 Å². The van der Waals surface area contributed by atoms with E-state index in [4.69, 9.17) is 10.5 Å². The van der Waals surface area contributed by atoms with Crippen molar-refractivity contribution < 1.29 is 9.53 Å². The van der Waals surface area contributed by atoms with Crippen LogP contribution in [0, 0.1) is 0 Å². The molecule has 0 amide bonds. The number of carbonyl (C=O) groups is 1. The summed E-state index contributed by atoms with van der Waals surface area (Å²) in [6, 6.07) is 8.84. The largest absolute Gasteiger partial charge is 0.463 e. The number of hydrogen-bond acceptors (Lipinski definition) is 5. The highest BCUT2D eigenvalue weighted by atomic mass is 16.5. The van der Waals surface area contributed by atoms with Gasteiger partial charge in [-0.15, -0.1) is 0 Å². The number of ether oxygens (including phenoxy) is 1.